The second-order valence-electron chi connectivity index (χ2n) is 6.61. The van der Waals surface area contributed by atoms with Crippen LogP contribution in [-0.4, -0.2) is 26.4 Å². The third-order valence-electron chi connectivity index (χ3n) is 4.60. The zero-order valence-corrected chi connectivity index (χ0v) is 18.0. The van der Waals surface area contributed by atoms with Crippen LogP contribution in [0.1, 0.15) is 22.2 Å². The minimum Gasteiger partial charge on any atom is -0.469 e. The summed E-state index contributed by atoms with van der Waals surface area (Å²) in [6, 6.07) is 11.6. The van der Waals surface area contributed by atoms with Crippen molar-refractivity contribution in [1.82, 2.24) is 20.1 Å². The van der Waals surface area contributed by atoms with Gasteiger partial charge in [0.05, 0.1) is 23.6 Å². The van der Waals surface area contributed by atoms with E-state index >= 15 is 0 Å². The van der Waals surface area contributed by atoms with E-state index in [0.29, 0.717) is 11.0 Å². The van der Waals surface area contributed by atoms with Gasteiger partial charge in [-0.1, -0.05) is 30.0 Å². The van der Waals surface area contributed by atoms with E-state index in [1.807, 2.05) is 42.1 Å². The molecule has 30 heavy (non-hydrogen) atoms. The van der Waals surface area contributed by atoms with Gasteiger partial charge in [-0.05, 0) is 42.1 Å². The number of aryl methyl sites for hydroxylation is 1. The van der Waals surface area contributed by atoms with Gasteiger partial charge >= 0.3 is 0 Å². The van der Waals surface area contributed by atoms with Crippen molar-refractivity contribution < 1.29 is 13.6 Å². The largest absolute Gasteiger partial charge is 0.469 e. The van der Waals surface area contributed by atoms with Crippen LogP contribution in [-0.2, 0) is 11.8 Å². The number of aromatic nitrogens is 3. The SMILES string of the molecule is Cc1occc1-c1nnc(SCC(=O)N[C@H](c2ccc(F)cc2)c2cccs2)n1C. The van der Waals surface area contributed by atoms with Gasteiger partial charge in [-0.25, -0.2) is 4.39 Å². The van der Waals surface area contributed by atoms with Crippen molar-refractivity contribution in [3.63, 3.8) is 0 Å². The lowest BCUT2D eigenvalue weighted by molar-refractivity contribution is -0.119. The minimum atomic E-state index is -0.331. The lowest BCUT2D eigenvalue weighted by atomic mass is 10.1. The summed E-state index contributed by atoms with van der Waals surface area (Å²) in [5, 5.41) is 14.0. The summed E-state index contributed by atoms with van der Waals surface area (Å²) in [7, 11) is 1.86. The van der Waals surface area contributed by atoms with Crippen LogP contribution in [0.3, 0.4) is 0 Å². The van der Waals surface area contributed by atoms with E-state index in [4.69, 9.17) is 4.42 Å². The molecule has 3 heterocycles. The Hall–Kier alpha value is -2.91. The maximum atomic E-state index is 13.3. The van der Waals surface area contributed by atoms with Crippen molar-refractivity contribution in [1.29, 1.82) is 0 Å². The number of halogens is 1. The molecule has 3 aromatic heterocycles. The average molecular weight is 443 g/mol. The number of thioether (sulfide) groups is 1. The number of benzene rings is 1. The summed E-state index contributed by atoms with van der Waals surface area (Å²) in [6.07, 6.45) is 1.61. The Morgan fingerprint density at radius 3 is 2.73 bits per heavy atom. The van der Waals surface area contributed by atoms with Gasteiger partial charge in [0.15, 0.2) is 11.0 Å². The molecule has 0 radical (unpaired) electrons. The van der Waals surface area contributed by atoms with E-state index in [0.717, 1.165) is 21.8 Å². The van der Waals surface area contributed by atoms with Crippen LogP contribution in [0.4, 0.5) is 4.39 Å². The van der Waals surface area contributed by atoms with Crippen molar-refractivity contribution in [3.05, 3.63) is 76.1 Å². The molecule has 1 atom stereocenters. The average Bonchev–Trinajstić information content (AvgIpc) is 3.47. The molecule has 1 N–H and O–H groups in total. The summed E-state index contributed by atoms with van der Waals surface area (Å²) in [6.45, 7) is 1.87. The van der Waals surface area contributed by atoms with E-state index in [1.54, 1.807) is 29.7 Å². The molecular formula is C21H19FN4O2S2. The summed E-state index contributed by atoms with van der Waals surface area (Å²) < 4.78 is 20.5. The number of carbonyl (C=O) groups excluding carboxylic acids is 1. The topological polar surface area (TPSA) is 72.9 Å². The summed E-state index contributed by atoms with van der Waals surface area (Å²) in [4.78, 5) is 13.7. The molecule has 0 fully saturated rings. The van der Waals surface area contributed by atoms with Crippen molar-refractivity contribution in [2.75, 3.05) is 5.75 Å². The maximum Gasteiger partial charge on any atom is 0.231 e. The van der Waals surface area contributed by atoms with E-state index in [9.17, 15) is 9.18 Å². The van der Waals surface area contributed by atoms with E-state index in [1.165, 1.54) is 23.9 Å². The Kier molecular flexibility index (Phi) is 6.01. The normalized spacial score (nSPS) is 12.1. The predicted octanol–water partition coefficient (Wildman–Crippen LogP) is 4.58. The van der Waals surface area contributed by atoms with Crippen molar-refractivity contribution in [3.8, 4) is 11.4 Å². The highest BCUT2D eigenvalue weighted by Crippen LogP contribution is 2.28. The lowest BCUT2D eigenvalue weighted by Gasteiger charge is -2.18. The molecular weight excluding hydrogens is 423 g/mol. The highest BCUT2D eigenvalue weighted by atomic mass is 32.2. The zero-order valence-electron chi connectivity index (χ0n) is 16.3. The first kappa shape index (κ1) is 20.4. The van der Waals surface area contributed by atoms with Gasteiger partial charge in [0.2, 0.25) is 5.91 Å². The fraction of sp³-hybridized carbons (Fsp3) is 0.190. The Balaban J connectivity index is 1.45. The number of hydrogen-bond donors (Lipinski definition) is 1. The number of nitrogens with zero attached hydrogens (tertiary/aromatic N) is 3. The quantitative estimate of drug-likeness (QED) is 0.424. The molecule has 1 amide bonds. The van der Waals surface area contributed by atoms with Gasteiger partial charge in [-0.3, -0.25) is 4.79 Å². The third kappa shape index (κ3) is 4.31. The minimum absolute atomic E-state index is 0.147. The Bertz CT molecular complexity index is 1140. The van der Waals surface area contributed by atoms with Gasteiger partial charge in [0.1, 0.15) is 11.6 Å². The Morgan fingerprint density at radius 1 is 1.27 bits per heavy atom. The maximum absolute atomic E-state index is 13.3. The number of thiophene rings is 1. The summed E-state index contributed by atoms with van der Waals surface area (Å²) in [5.74, 6) is 1.17. The highest BCUT2D eigenvalue weighted by Gasteiger charge is 2.20. The molecule has 0 aliphatic rings. The predicted molar refractivity (Wildman–Crippen MR) is 115 cm³/mol. The van der Waals surface area contributed by atoms with E-state index in [2.05, 4.69) is 15.5 Å². The first-order valence-corrected chi connectivity index (χ1v) is 11.0. The molecule has 4 aromatic rings. The van der Waals surface area contributed by atoms with Gasteiger partial charge < -0.3 is 14.3 Å². The van der Waals surface area contributed by atoms with Crippen LogP contribution in [0.25, 0.3) is 11.4 Å². The molecule has 9 heteroatoms. The van der Waals surface area contributed by atoms with E-state index < -0.39 is 0 Å². The van der Waals surface area contributed by atoms with Gasteiger partial charge in [-0.15, -0.1) is 21.5 Å². The van der Waals surface area contributed by atoms with Gasteiger partial charge in [0.25, 0.3) is 0 Å². The Morgan fingerprint density at radius 2 is 2.07 bits per heavy atom. The lowest BCUT2D eigenvalue weighted by Crippen LogP contribution is -2.30. The molecule has 0 saturated heterocycles. The van der Waals surface area contributed by atoms with Gasteiger partial charge in [-0.2, -0.15) is 0 Å². The summed E-state index contributed by atoms with van der Waals surface area (Å²) in [5.41, 5.74) is 1.70. The molecule has 0 aliphatic carbocycles. The first-order chi connectivity index (χ1) is 14.5. The Labute approximate surface area is 181 Å². The number of carbonyl (C=O) groups is 1. The van der Waals surface area contributed by atoms with Crippen LogP contribution in [0.2, 0.25) is 0 Å². The van der Waals surface area contributed by atoms with Crippen LogP contribution < -0.4 is 5.32 Å². The fourth-order valence-corrected chi connectivity index (χ4v) is 4.58. The zero-order chi connectivity index (χ0) is 21.1. The molecule has 154 valence electrons. The number of hydrogen-bond acceptors (Lipinski definition) is 6. The van der Waals surface area contributed by atoms with Gasteiger partial charge in [0, 0.05) is 11.9 Å². The molecule has 6 nitrogen and oxygen atoms in total. The molecule has 0 spiro atoms. The monoisotopic (exact) mass is 442 g/mol. The molecule has 0 aliphatic heterocycles. The fourth-order valence-electron chi connectivity index (χ4n) is 3.05. The van der Waals surface area contributed by atoms with Crippen LogP contribution in [0.15, 0.2) is 63.7 Å². The van der Waals surface area contributed by atoms with Crippen molar-refractivity contribution in [2.24, 2.45) is 7.05 Å². The van der Waals surface area contributed by atoms with E-state index in [-0.39, 0.29) is 23.5 Å². The standard InChI is InChI=1S/C21H19FN4O2S2/c1-13-16(9-10-28-13)20-24-25-21(26(20)2)30-12-18(27)23-19(17-4-3-11-29-17)14-5-7-15(22)8-6-14/h3-11,19H,12H2,1-2H3,(H,23,27)/t19-/m1/s1. The third-order valence-corrected chi connectivity index (χ3v) is 6.56. The van der Waals surface area contributed by atoms with Crippen molar-refractivity contribution in [2.45, 2.75) is 18.1 Å². The number of amides is 1. The number of furan rings is 1. The molecule has 1 aromatic carbocycles. The molecule has 0 bridgehead atoms. The second kappa shape index (κ2) is 8.85. The highest BCUT2D eigenvalue weighted by molar-refractivity contribution is 7.99. The van der Waals surface area contributed by atoms with Crippen molar-refractivity contribution >= 4 is 29.0 Å². The van der Waals surface area contributed by atoms with Crippen LogP contribution in [0, 0.1) is 12.7 Å². The number of rotatable bonds is 7. The van der Waals surface area contributed by atoms with Crippen LogP contribution in [0.5, 0.6) is 0 Å². The molecule has 4 rings (SSSR count). The number of nitrogens with one attached hydrogen (secondary N) is 1. The first-order valence-electron chi connectivity index (χ1n) is 9.18. The molecule has 0 saturated carbocycles. The van der Waals surface area contributed by atoms with Crippen LogP contribution >= 0.6 is 23.1 Å². The molecule has 0 unspecified atom stereocenters. The summed E-state index contributed by atoms with van der Waals surface area (Å²) >= 11 is 2.85. The smallest absolute Gasteiger partial charge is 0.231 e. The second-order valence-corrected chi connectivity index (χ2v) is 8.53.